The molecule has 0 aliphatic carbocycles. The Morgan fingerprint density at radius 2 is 1.84 bits per heavy atom. The number of phenols is 1. The summed E-state index contributed by atoms with van der Waals surface area (Å²) < 4.78 is 6.08. The van der Waals surface area contributed by atoms with Crippen molar-refractivity contribution in [2.45, 2.75) is 65.3 Å². The fourth-order valence-corrected chi connectivity index (χ4v) is 3.50. The second kappa shape index (κ2) is 12.8. The van der Waals surface area contributed by atoms with Crippen molar-refractivity contribution in [1.82, 2.24) is 10.6 Å². The minimum Gasteiger partial charge on any atom is -0.508 e. The van der Waals surface area contributed by atoms with Crippen LogP contribution in [0.25, 0.3) is 0 Å². The standard InChI is InChI=1S/C25H37N3O3/c1-4-6-7-8-13-27-25(30)28-17-21(26)16-19-14-18(3)24(20(5-2)15-19)31-23-11-9-22(29)10-12-23/h9-12,14-15,21,29H,4-8,13,16-17,26H2,1-3H3,(H2,27,28,30). The molecule has 0 spiro atoms. The van der Waals surface area contributed by atoms with E-state index >= 15 is 0 Å². The number of carbonyl (C=O) groups excluding carboxylic acids is 1. The highest BCUT2D eigenvalue weighted by Crippen LogP contribution is 2.31. The summed E-state index contributed by atoms with van der Waals surface area (Å²) in [5, 5.41) is 15.2. The number of nitrogens with one attached hydrogen (secondary N) is 2. The van der Waals surface area contributed by atoms with Crippen molar-refractivity contribution in [2.75, 3.05) is 13.1 Å². The van der Waals surface area contributed by atoms with E-state index in [1.54, 1.807) is 24.3 Å². The van der Waals surface area contributed by atoms with Gasteiger partial charge in [0.2, 0.25) is 0 Å². The Bertz CT molecular complexity index is 822. The van der Waals surface area contributed by atoms with Gasteiger partial charge in [-0.3, -0.25) is 0 Å². The lowest BCUT2D eigenvalue weighted by atomic mass is 9.98. The van der Waals surface area contributed by atoms with Crippen LogP contribution in [0.1, 0.15) is 56.2 Å². The summed E-state index contributed by atoms with van der Waals surface area (Å²) in [7, 11) is 0. The molecule has 1 atom stereocenters. The Kier molecular flexibility index (Phi) is 10.2. The van der Waals surface area contributed by atoms with Crippen molar-refractivity contribution in [1.29, 1.82) is 0 Å². The van der Waals surface area contributed by atoms with E-state index in [1.807, 2.05) is 6.92 Å². The summed E-state index contributed by atoms with van der Waals surface area (Å²) in [5.74, 6) is 1.74. The van der Waals surface area contributed by atoms with E-state index in [-0.39, 0.29) is 17.8 Å². The van der Waals surface area contributed by atoms with Crippen molar-refractivity contribution < 1.29 is 14.6 Å². The topological polar surface area (TPSA) is 96.6 Å². The second-order valence-corrected chi connectivity index (χ2v) is 8.01. The second-order valence-electron chi connectivity index (χ2n) is 8.01. The van der Waals surface area contributed by atoms with Crippen LogP contribution >= 0.6 is 0 Å². The molecule has 5 N–H and O–H groups in total. The molecule has 0 aromatic heterocycles. The summed E-state index contributed by atoms with van der Waals surface area (Å²) in [6, 6.07) is 10.6. The number of unbranched alkanes of at least 4 members (excludes halogenated alkanes) is 3. The molecule has 170 valence electrons. The number of aromatic hydroxyl groups is 1. The summed E-state index contributed by atoms with van der Waals surface area (Å²) >= 11 is 0. The molecule has 1 unspecified atom stereocenters. The molecular weight excluding hydrogens is 390 g/mol. The summed E-state index contributed by atoms with van der Waals surface area (Å²) in [4.78, 5) is 11.9. The number of nitrogens with two attached hydrogens (primary N) is 1. The molecule has 0 heterocycles. The number of aryl methyl sites for hydroxylation is 2. The zero-order valence-electron chi connectivity index (χ0n) is 19.0. The molecule has 2 aromatic rings. The number of amides is 2. The molecule has 6 nitrogen and oxygen atoms in total. The Morgan fingerprint density at radius 1 is 1.10 bits per heavy atom. The smallest absolute Gasteiger partial charge is 0.314 e. The van der Waals surface area contributed by atoms with E-state index in [2.05, 4.69) is 36.6 Å². The highest BCUT2D eigenvalue weighted by atomic mass is 16.5. The molecule has 0 saturated heterocycles. The Balaban J connectivity index is 1.89. The maximum absolute atomic E-state index is 11.9. The number of hydrogen-bond donors (Lipinski definition) is 4. The van der Waals surface area contributed by atoms with Crippen LogP contribution in [-0.2, 0) is 12.8 Å². The largest absolute Gasteiger partial charge is 0.508 e. The quantitative estimate of drug-likeness (QED) is 0.366. The van der Waals surface area contributed by atoms with Gasteiger partial charge in [-0.2, -0.15) is 0 Å². The first-order valence-corrected chi connectivity index (χ1v) is 11.3. The zero-order chi connectivity index (χ0) is 22.6. The molecule has 0 saturated carbocycles. The average Bonchev–Trinajstić information content (AvgIpc) is 2.75. The number of urea groups is 1. The molecule has 2 aromatic carbocycles. The number of rotatable bonds is 12. The van der Waals surface area contributed by atoms with Gasteiger partial charge in [0.15, 0.2) is 0 Å². The van der Waals surface area contributed by atoms with Crippen LogP contribution in [0.4, 0.5) is 4.79 Å². The predicted octanol–water partition coefficient (Wildman–Crippen LogP) is 4.80. The summed E-state index contributed by atoms with van der Waals surface area (Å²) in [6.07, 6.45) is 6.03. The van der Waals surface area contributed by atoms with Crippen LogP contribution in [-0.4, -0.2) is 30.3 Å². The van der Waals surface area contributed by atoms with Crippen LogP contribution < -0.4 is 21.1 Å². The maximum atomic E-state index is 11.9. The van der Waals surface area contributed by atoms with Crippen molar-refractivity contribution in [2.24, 2.45) is 5.73 Å². The van der Waals surface area contributed by atoms with E-state index in [0.717, 1.165) is 41.7 Å². The average molecular weight is 428 g/mol. The number of carbonyl (C=O) groups is 1. The maximum Gasteiger partial charge on any atom is 0.314 e. The van der Waals surface area contributed by atoms with Gasteiger partial charge in [0.1, 0.15) is 17.2 Å². The van der Waals surface area contributed by atoms with Crippen LogP contribution in [0.2, 0.25) is 0 Å². The van der Waals surface area contributed by atoms with Crippen LogP contribution in [0.5, 0.6) is 17.2 Å². The fourth-order valence-electron chi connectivity index (χ4n) is 3.50. The van der Waals surface area contributed by atoms with Gasteiger partial charge in [0.05, 0.1) is 0 Å². The third kappa shape index (κ3) is 8.50. The number of phenolic OH excluding ortho intramolecular Hbond substituents is 1. The lowest BCUT2D eigenvalue weighted by Crippen LogP contribution is -2.43. The van der Waals surface area contributed by atoms with E-state index in [4.69, 9.17) is 10.5 Å². The first-order chi connectivity index (χ1) is 14.9. The molecule has 31 heavy (non-hydrogen) atoms. The molecule has 0 radical (unpaired) electrons. The minimum absolute atomic E-state index is 0.157. The van der Waals surface area contributed by atoms with Crippen molar-refractivity contribution in [3.63, 3.8) is 0 Å². The molecule has 0 bridgehead atoms. The van der Waals surface area contributed by atoms with Gasteiger partial charge in [-0.1, -0.05) is 45.2 Å². The Hall–Kier alpha value is -2.73. The molecule has 0 aliphatic rings. The van der Waals surface area contributed by atoms with Crippen LogP contribution in [0.15, 0.2) is 36.4 Å². The normalized spacial score (nSPS) is 11.7. The minimum atomic E-state index is -0.168. The monoisotopic (exact) mass is 427 g/mol. The van der Waals surface area contributed by atoms with Gasteiger partial charge in [0, 0.05) is 19.1 Å². The summed E-state index contributed by atoms with van der Waals surface area (Å²) in [5.41, 5.74) is 9.53. The van der Waals surface area contributed by atoms with Gasteiger partial charge < -0.3 is 26.2 Å². The van der Waals surface area contributed by atoms with Crippen molar-refractivity contribution in [3.05, 3.63) is 53.1 Å². The molecule has 0 aliphatic heterocycles. The lowest BCUT2D eigenvalue weighted by molar-refractivity contribution is 0.240. The van der Waals surface area contributed by atoms with E-state index in [1.165, 1.54) is 12.8 Å². The molecule has 0 fully saturated rings. The third-order valence-electron chi connectivity index (χ3n) is 5.19. The first-order valence-electron chi connectivity index (χ1n) is 11.3. The Morgan fingerprint density at radius 3 is 2.52 bits per heavy atom. The molecular formula is C25H37N3O3. The van der Waals surface area contributed by atoms with Gasteiger partial charge in [-0.25, -0.2) is 4.79 Å². The van der Waals surface area contributed by atoms with Gasteiger partial charge in [-0.05, 0) is 67.1 Å². The predicted molar refractivity (Wildman–Crippen MR) is 126 cm³/mol. The van der Waals surface area contributed by atoms with E-state index < -0.39 is 0 Å². The van der Waals surface area contributed by atoms with Gasteiger partial charge >= 0.3 is 6.03 Å². The number of hydrogen-bond acceptors (Lipinski definition) is 4. The molecule has 6 heteroatoms. The first kappa shape index (κ1) is 24.5. The van der Waals surface area contributed by atoms with Gasteiger partial charge in [-0.15, -0.1) is 0 Å². The number of benzene rings is 2. The van der Waals surface area contributed by atoms with Gasteiger partial charge in [0.25, 0.3) is 0 Å². The van der Waals surface area contributed by atoms with Crippen molar-refractivity contribution >= 4 is 6.03 Å². The SMILES string of the molecule is CCCCCCNC(=O)NCC(N)Cc1cc(C)c(Oc2ccc(O)cc2)c(CC)c1. The Labute approximate surface area is 186 Å². The van der Waals surface area contributed by atoms with Crippen molar-refractivity contribution in [3.8, 4) is 17.2 Å². The third-order valence-corrected chi connectivity index (χ3v) is 5.19. The number of ether oxygens (including phenoxy) is 1. The van der Waals surface area contributed by atoms with E-state index in [0.29, 0.717) is 25.3 Å². The molecule has 2 amide bonds. The highest BCUT2D eigenvalue weighted by molar-refractivity contribution is 5.73. The lowest BCUT2D eigenvalue weighted by Gasteiger charge is -2.18. The van der Waals surface area contributed by atoms with Crippen LogP contribution in [0.3, 0.4) is 0 Å². The zero-order valence-corrected chi connectivity index (χ0v) is 19.0. The molecule has 2 rings (SSSR count). The fraction of sp³-hybridized carbons (Fsp3) is 0.480. The highest BCUT2D eigenvalue weighted by Gasteiger charge is 2.13. The van der Waals surface area contributed by atoms with E-state index in [9.17, 15) is 9.90 Å². The summed E-state index contributed by atoms with van der Waals surface area (Å²) in [6.45, 7) is 7.40. The van der Waals surface area contributed by atoms with Crippen LogP contribution in [0, 0.1) is 6.92 Å².